The first-order valence-electron chi connectivity index (χ1n) is 11.8. The van der Waals surface area contributed by atoms with Gasteiger partial charge in [-0.2, -0.15) is 0 Å². The number of carbonyl (C=O) groups is 3. The van der Waals surface area contributed by atoms with Gasteiger partial charge in [-0.1, -0.05) is 5.11 Å². The van der Waals surface area contributed by atoms with Crippen molar-refractivity contribution in [3.05, 3.63) is 51.4 Å². The van der Waals surface area contributed by atoms with E-state index in [0.29, 0.717) is 26.4 Å². The van der Waals surface area contributed by atoms with E-state index in [1.807, 2.05) is 0 Å². The molecule has 0 unspecified atom stereocenters. The quantitative estimate of drug-likeness (QED) is 0.0331. The molecule has 0 bridgehead atoms. The molecule has 1 aromatic carbocycles. The lowest BCUT2D eigenvalue weighted by atomic mass is 10.1. The van der Waals surface area contributed by atoms with Gasteiger partial charge in [0.05, 0.1) is 72.6 Å². The molecule has 0 saturated carbocycles. The number of rotatable bonds is 20. The van der Waals surface area contributed by atoms with E-state index in [2.05, 4.69) is 14.8 Å². The van der Waals surface area contributed by atoms with E-state index in [1.54, 1.807) is 0 Å². The summed E-state index contributed by atoms with van der Waals surface area (Å²) in [4.78, 5) is 37.7. The van der Waals surface area contributed by atoms with Gasteiger partial charge in [0.2, 0.25) is 0 Å². The van der Waals surface area contributed by atoms with Crippen LogP contribution in [-0.2, 0) is 38.0 Å². The fourth-order valence-electron chi connectivity index (χ4n) is 2.99. The van der Waals surface area contributed by atoms with Crippen molar-refractivity contribution < 1.29 is 60.4 Å². The number of ether oxygens (including phenoxy) is 6. The second-order valence-corrected chi connectivity index (χ2v) is 7.53. The molecule has 0 spiro atoms. The van der Waals surface area contributed by atoms with E-state index in [9.17, 15) is 31.9 Å². The van der Waals surface area contributed by atoms with E-state index < -0.39 is 47.1 Å². The molecule has 40 heavy (non-hydrogen) atoms. The predicted molar refractivity (Wildman–Crippen MR) is 125 cm³/mol. The van der Waals surface area contributed by atoms with Crippen LogP contribution in [0, 0.1) is 23.3 Å². The highest BCUT2D eigenvalue weighted by Crippen LogP contribution is 2.30. The third kappa shape index (κ3) is 10.2. The fourth-order valence-corrected chi connectivity index (χ4v) is 2.99. The molecule has 0 atom stereocenters. The number of hydrogen-bond donors (Lipinski definition) is 0. The van der Waals surface area contributed by atoms with E-state index in [1.165, 1.54) is 12.2 Å². The monoisotopic (exact) mass is 578 g/mol. The van der Waals surface area contributed by atoms with Crippen LogP contribution in [0.5, 0.6) is 0 Å². The van der Waals surface area contributed by atoms with Gasteiger partial charge in [0.25, 0.3) is 11.8 Å². The topological polar surface area (TPSA) is 159 Å². The van der Waals surface area contributed by atoms with Crippen LogP contribution in [0.3, 0.4) is 0 Å². The van der Waals surface area contributed by atoms with E-state index in [4.69, 9.17) is 29.2 Å². The SMILES string of the molecule is [N-]=[N+]=Nc1c(F)c(F)c(C(=O)OCCOCCOCCOCCOCCOCCN2C(=O)C=CC2=O)c(F)c1F. The summed E-state index contributed by atoms with van der Waals surface area (Å²) in [5, 5.41) is 2.52. The van der Waals surface area contributed by atoms with Crippen molar-refractivity contribution >= 4 is 23.5 Å². The Balaban J connectivity index is 1.41. The number of imide groups is 1. The smallest absolute Gasteiger partial charge is 0.344 e. The Morgan fingerprint density at radius 3 is 1.52 bits per heavy atom. The minimum atomic E-state index is -2.05. The van der Waals surface area contributed by atoms with Crippen molar-refractivity contribution in [1.29, 1.82) is 0 Å². The average Bonchev–Trinajstić information content (AvgIpc) is 3.26. The standard InChI is InChI=1S/C23H26F4N4O9/c24-18-17(19(25)21(27)22(20(18)26)29-30-28)23(34)40-14-13-39-12-11-38-10-9-37-8-7-36-6-5-35-4-3-31-15(32)1-2-16(31)33/h1-2H,3-14H2. The average molecular weight is 578 g/mol. The first kappa shape index (κ1) is 32.6. The summed E-state index contributed by atoms with van der Waals surface area (Å²) in [6, 6.07) is 0. The molecule has 17 heteroatoms. The zero-order chi connectivity index (χ0) is 29.3. The molecule has 13 nitrogen and oxygen atoms in total. The predicted octanol–water partition coefficient (Wildman–Crippen LogP) is 2.35. The minimum absolute atomic E-state index is 0.0874. The van der Waals surface area contributed by atoms with Crippen LogP contribution in [0.25, 0.3) is 10.4 Å². The molecule has 220 valence electrons. The van der Waals surface area contributed by atoms with Crippen molar-refractivity contribution in [3.8, 4) is 0 Å². The minimum Gasteiger partial charge on any atom is -0.459 e. The number of amides is 2. The Morgan fingerprint density at radius 2 is 1.10 bits per heavy atom. The molecule has 1 aliphatic heterocycles. The van der Waals surface area contributed by atoms with Gasteiger partial charge in [-0.15, -0.1) is 0 Å². The number of azide groups is 1. The molecule has 1 aromatic rings. The molecular weight excluding hydrogens is 552 g/mol. The van der Waals surface area contributed by atoms with Gasteiger partial charge in [0.15, 0.2) is 23.3 Å². The molecule has 1 aliphatic rings. The largest absolute Gasteiger partial charge is 0.459 e. The summed E-state index contributed by atoms with van der Waals surface area (Å²) >= 11 is 0. The lowest BCUT2D eigenvalue weighted by molar-refractivity contribution is -0.137. The van der Waals surface area contributed by atoms with Gasteiger partial charge in [0, 0.05) is 17.1 Å². The van der Waals surface area contributed by atoms with Crippen molar-refractivity contribution in [1.82, 2.24) is 4.90 Å². The second-order valence-electron chi connectivity index (χ2n) is 7.53. The summed E-state index contributed by atoms with van der Waals surface area (Å²) in [6.45, 7) is 1.76. The van der Waals surface area contributed by atoms with Gasteiger partial charge >= 0.3 is 5.97 Å². The van der Waals surface area contributed by atoms with E-state index in [0.717, 1.165) is 4.90 Å². The maximum absolute atomic E-state index is 13.9. The van der Waals surface area contributed by atoms with Crippen LogP contribution in [0.15, 0.2) is 17.3 Å². The summed E-state index contributed by atoms with van der Waals surface area (Å²) in [5.74, 6) is -10.5. The first-order chi connectivity index (χ1) is 19.3. The number of hydrogen-bond acceptors (Lipinski definition) is 10. The van der Waals surface area contributed by atoms with Crippen LogP contribution in [-0.4, -0.2) is 102 Å². The Kier molecular flexibility index (Phi) is 14.6. The zero-order valence-corrected chi connectivity index (χ0v) is 21.1. The van der Waals surface area contributed by atoms with Crippen molar-refractivity contribution in [3.63, 3.8) is 0 Å². The van der Waals surface area contributed by atoms with Gasteiger partial charge in [-0.3, -0.25) is 14.5 Å². The highest BCUT2D eigenvalue weighted by Gasteiger charge is 2.30. The number of nitrogens with zero attached hydrogens (tertiary/aromatic N) is 4. The number of halogens is 4. The Labute approximate surface area is 225 Å². The van der Waals surface area contributed by atoms with Crippen LogP contribution in [0.2, 0.25) is 0 Å². The third-order valence-electron chi connectivity index (χ3n) is 4.90. The molecule has 0 saturated heterocycles. The number of carbonyl (C=O) groups excluding carboxylic acids is 3. The normalized spacial score (nSPS) is 12.8. The van der Waals surface area contributed by atoms with Gasteiger partial charge in [0.1, 0.15) is 17.9 Å². The molecule has 1 heterocycles. The van der Waals surface area contributed by atoms with E-state index in [-0.39, 0.29) is 58.0 Å². The molecule has 0 aliphatic carbocycles. The molecule has 0 N–H and O–H groups in total. The molecule has 2 rings (SSSR count). The lowest BCUT2D eigenvalue weighted by Crippen LogP contribution is -2.33. The lowest BCUT2D eigenvalue weighted by Gasteiger charge is -2.13. The van der Waals surface area contributed by atoms with Crippen molar-refractivity contribution in [2.24, 2.45) is 5.11 Å². The zero-order valence-electron chi connectivity index (χ0n) is 21.1. The van der Waals surface area contributed by atoms with Crippen molar-refractivity contribution in [2.75, 3.05) is 79.2 Å². The Hall–Kier alpha value is -3.60. The molecule has 0 aromatic heterocycles. The molecule has 0 fully saturated rings. The Morgan fingerprint density at radius 1 is 0.700 bits per heavy atom. The molecule has 0 radical (unpaired) electrons. The fraction of sp³-hybridized carbons (Fsp3) is 0.522. The number of benzene rings is 1. The highest BCUT2D eigenvalue weighted by molar-refractivity contribution is 6.12. The van der Waals surface area contributed by atoms with Gasteiger partial charge in [-0.25, -0.2) is 22.4 Å². The van der Waals surface area contributed by atoms with Gasteiger partial charge < -0.3 is 28.4 Å². The van der Waals surface area contributed by atoms with Crippen LogP contribution >= 0.6 is 0 Å². The number of esters is 1. The van der Waals surface area contributed by atoms with E-state index >= 15 is 0 Å². The maximum atomic E-state index is 13.9. The van der Waals surface area contributed by atoms with Crippen LogP contribution in [0.4, 0.5) is 23.2 Å². The third-order valence-corrected chi connectivity index (χ3v) is 4.90. The highest BCUT2D eigenvalue weighted by atomic mass is 19.2. The first-order valence-corrected chi connectivity index (χ1v) is 11.8. The molecular formula is C23H26F4N4O9. The summed E-state index contributed by atoms with van der Waals surface area (Å²) in [5.41, 5.74) is 5.07. The van der Waals surface area contributed by atoms with Crippen molar-refractivity contribution in [2.45, 2.75) is 0 Å². The van der Waals surface area contributed by atoms with Crippen LogP contribution in [0.1, 0.15) is 10.4 Å². The van der Waals surface area contributed by atoms with Crippen LogP contribution < -0.4 is 0 Å². The maximum Gasteiger partial charge on any atom is 0.344 e. The summed E-state index contributed by atoms with van der Waals surface area (Å²) in [7, 11) is 0. The Bertz CT molecular complexity index is 1070. The second kappa shape index (κ2) is 17.9. The molecule has 2 amide bonds. The summed E-state index contributed by atoms with van der Waals surface area (Å²) < 4.78 is 86.1. The summed E-state index contributed by atoms with van der Waals surface area (Å²) in [6.07, 6.45) is 2.41. The van der Waals surface area contributed by atoms with Gasteiger partial charge in [-0.05, 0) is 5.53 Å².